The second-order valence-corrected chi connectivity index (χ2v) is 4.94. The highest BCUT2D eigenvalue weighted by molar-refractivity contribution is 4.62. The van der Waals surface area contributed by atoms with E-state index in [1.807, 2.05) is 0 Å². The first-order valence-electron chi connectivity index (χ1n) is 6.58. The summed E-state index contributed by atoms with van der Waals surface area (Å²) >= 11 is 0. The summed E-state index contributed by atoms with van der Waals surface area (Å²) in [6, 6.07) is 0. The van der Waals surface area contributed by atoms with Gasteiger partial charge in [-0.2, -0.15) is 0 Å². The third-order valence-corrected chi connectivity index (χ3v) is 3.01. The first-order chi connectivity index (χ1) is 8.18. The summed E-state index contributed by atoms with van der Waals surface area (Å²) in [5.74, 6) is 0. The molecule has 0 unspecified atom stereocenters. The zero-order valence-corrected chi connectivity index (χ0v) is 11.6. The molecule has 0 aromatic heterocycles. The maximum absolute atomic E-state index is 5.33. The summed E-state index contributed by atoms with van der Waals surface area (Å²) in [6.45, 7) is 8.31. The Morgan fingerprint density at radius 1 is 1.12 bits per heavy atom. The zero-order valence-electron chi connectivity index (χ0n) is 11.6. The van der Waals surface area contributed by atoms with Crippen molar-refractivity contribution in [1.29, 1.82) is 0 Å². The van der Waals surface area contributed by atoms with Crippen LogP contribution in [0.25, 0.3) is 0 Å². The summed E-state index contributed by atoms with van der Waals surface area (Å²) < 4.78 is 5.33. The molecule has 5 heteroatoms. The maximum atomic E-state index is 5.33. The fourth-order valence-corrected chi connectivity index (χ4v) is 1.93. The van der Waals surface area contributed by atoms with E-state index in [1.54, 1.807) is 0 Å². The van der Waals surface area contributed by atoms with Crippen LogP contribution < -0.4 is 5.43 Å². The fraction of sp³-hybridized carbons (Fsp3) is 1.00. The Morgan fingerprint density at radius 2 is 1.82 bits per heavy atom. The minimum absolute atomic E-state index is 0.888. The Labute approximate surface area is 106 Å². The van der Waals surface area contributed by atoms with E-state index in [9.17, 15) is 0 Å². The van der Waals surface area contributed by atoms with E-state index in [0.29, 0.717) is 0 Å². The topological polar surface area (TPSA) is 31.0 Å². The van der Waals surface area contributed by atoms with Crippen LogP contribution in [0, 0.1) is 0 Å². The number of nitrogens with one attached hydrogen (secondary N) is 1. The lowest BCUT2D eigenvalue weighted by atomic mass is 10.4. The van der Waals surface area contributed by atoms with Gasteiger partial charge >= 0.3 is 0 Å². The number of nitrogens with zero attached hydrogens (tertiary/aromatic N) is 3. The molecular weight excluding hydrogens is 216 g/mol. The summed E-state index contributed by atoms with van der Waals surface area (Å²) in [5, 5.41) is 2.20. The van der Waals surface area contributed by atoms with Crippen LogP contribution in [0.4, 0.5) is 0 Å². The van der Waals surface area contributed by atoms with Gasteiger partial charge in [-0.25, -0.2) is 5.01 Å². The van der Waals surface area contributed by atoms with Crippen molar-refractivity contribution in [2.75, 3.05) is 73.6 Å². The van der Waals surface area contributed by atoms with Crippen LogP contribution >= 0.6 is 0 Å². The number of hydrogen-bond donors (Lipinski definition) is 1. The quantitative estimate of drug-likeness (QED) is 0.593. The van der Waals surface area contributed by atoms with Crippen LogP contribution in [0.15, 0.2) is 0 Å². The van der Waals surface area contributed by atoms with Crippen molar-refractivity contribution in [3.8, 4) is 0 Å². The highest BCUT2D eigenvalue weighted by Gasteiger charge is 2.09. The Kier molecular flexibility index (Phi) is 7.72. The highest BCUT2D eigenvalue weighted by Crippen LogP contribution is 1.95. The van der Waals surface area contributed by atoms with E-state index in [1.165, 1.54) is 6.42 Å². The minimum Gasteiger partial charge on any atom is -0.379 e. The van der Waals surface area contributed by atoms with Crippen molar-refractivity contribution in [2.24, 2.45) is 0 Å². The van der Waals surface area contributed by atoms with Crippen LogP contribution in [0.3, 0.4) is 0 Å². The van der Waals surface area contributed by atoms with Gasteiger partial charge in [-0.15, -0.1) is 0 Å². The lowest BCUT2D eigenvalue weighted by molar-refractivity contribution is 0.0358. The molecule has 0 amide bonds. The Balaban J connectivity index is 1.93. The molecule has 0 radical (unpaired) electrons. The first kappa shape index (κ1) is 14.9. The van der Waals surface area contributed by atoms with Crippen LogP contribution in [0.2, 0.25) is 0 Å². The van der Waals surface area contributed by atoms with E-state index in [2.05, 4.69) is 41.4 Å². The van der Waals surface area contributed by atoms with Gasteiger partial charge in [0.05, 0.1) is 13.2 Å². The van der Waals surface area contributed by atoms with E-state index in [-0.39, 0.29) is 0 Å². The molecule has 1 aliphatic rings. The maximum Gasteiger partial charge on any atom is 0.0594 e. The van der Waals surface area contributed by atoms with Crippen LogP contribution in [0.5, 0.6) is 0 Å². The SMILES string of the molecule is CN(C)CCCN(C)NCCN1CCOCC1. The zero-order chi connectivity index (χ0) is 12.5. The molecular formula is C12H28N4O. The van der Waals surface area contributed by atoms with Gasteiger partial charge in [0.2, 0.25) is 0 Å². The van der Waals surface area contributed by atoms with E-state index in [0.717, 1.165) is 52.5 Å². The average molecular weight is 244 g/mol. The van der Waals surface area contributed by atoms with Gasteiger partial charge in [0.1, 0.15) is 0 Å². The monoisotopic (exact) mass is 244 g/mol. The molecule has 0 atom stereocenters. The molecule has 5 nitrogen and oxygen atoms in total. The number of morpholine rings is 1. The third-order valence-electron chi connectivity index (χ3n) is 3.01. The molecule has 1 N–H and O–H groups in total. The Morgan fingerprint density at radius 3 is 2.47 bits per heavy atom. The average Bonchev–Trinajstić information content (AvgIpc) is 2.30. The Bertz CT molecular complexity index is 183. The van der Waals surface area contributed by atoms with Crippen molar-refractivity contribution in [2.45, 2.75) is 6.42 Å². The largest absolute Gasteiger partial charge is 0.379 e. The van der Waals surface area contributed by atoms with Gasteiger partial charge in [0, 0.05) is 39.8 Å². The van der Waals surface area contributed by atoms with Gasteiger partial charge < -0.3 is 9.64 Å². The third kappa shape index (κ3) is 7.68. The summed E-state index contributed by atoms with van der Waals surface area (Å²) in [4.78, 5) is 4.67. The summed E-state index contributed by atoms with van der Waals surface area (Å²) in [6.07, 6.45) is 1.20. The number of hydrogen-bond acceptors (Lipinski definition) is 5. The molecule has 0 aliphatic carbocycles. The van der Waals surface area contributed by atoms with E-state index in [4.69, 9.17) is 4.74 Å². The molecule has 17 heavy (non-hydrogen) atoms. The summed E-state index contributed by atoms with van der Waals surface area (Å²) in [7, 11) is 6.35. The molecule has 1 saturated heterocycles. The standard InChI is InChI=1S/C12H28N4O/c1-14(2)6-4-7-15(3)13-5-8-16-9-11-17-12-10-16/h13H,4-12H2,1-3H3. The second kappa shape index (κ2) is 8.83. The molecule has 1 aliphatic heterocycles. The molecule has 0 bridgehead atoms. The van der Waals surface area contributed by atoms with Gasteiger partial charge in [0.25, 0.3) is 0 Å². The molecule has 1 heterocycles. The Hall–Kier alpha value is -0.200. The van der Waals surface area contributed by atoms with Crippen LogP contribution in [0.1, 0.15) is 6.42 Å². The van der Waals surface area contributed by atoms with Crippen molar-refractivity contribution < 1.29 is 4.74 Å². The van der Waals surface area contributed by atoms with Gasteiger partial charge in [-0.05, 0) is 27.1 Å². The fourth-order valence-electron chi connectivity index (χ4n) is 1.93. The van der Waals surface area contributed by atoms with Crippen molar-refractivity contribution in [3.05, 3.63) is 0 Å². The summed E-state index contributed by atoms with van der Waals surface area (Å²) in [5.41, 5.74) is 3.44. The highest BCUT2D eigenvalue weighted by atomic mass is 16.5. The van der Waals surface area contributed by atoms with Crippen LogP contribution in [-0.2, 0) is 4.74 Å². The predicted octanol–water partition coefficient (Wildman–Crippen LogP) is -0.293. The van der Waals surface area contributed by atoms with Gasteiger partial charge in [0.15, 0.2) is 0 Å². The normalized spacial score (nSPS) is 18.2. The number of ether oxygens (including phenoxy) is 1. The molecule has 0 aromatic rings. The number of rotatable bonds is 8. The lowest BCUT2D eigenvalue weighted by Gasteiger charge is -2.27. The van der Waals surface area contributed by atoms with Crippen molar-refractivity contribution in [3.63, 3.8) is 0 Å². The second-order valence-electron chi connectivity index (χ2n) is 4.94. The van der Waals surface area contributed by atoms with Crippen molar-refractivity contribution in [1.82, 2.24) is 20.2 Å². The van der Waals surface area contributed by atoms with Crippen molar-refractivity contribution >= 4 is 0 Å². The van der Waals surface area contributed by atoms with Gasteiger partial charge in [-0.3, -0.25) is 10.3 Å². The molecule has 102 valence electrons. The number of hydrazine groups is 1. The van der Waals surface area contributed by atoms with Crippen LogP contribution in [-0.4, -0.2) is 88.4 Å². The smallest absolute Gasteiger partial charge is 0.0594 e. The van der Waals surface area contributed by atoms with E-state index < -0.39 is 0 Å². The molecule has 0 aromatic carbocycles. The molecule has 1 rings (SSSR count). The first-order valence-corrected chi connectivity index (χ1v) is 6.58. The molecule has 0 saturated carbocycles. The molecule has 0 spiro atoms. The predicted molar refractivity (Wildman–Crippen MR) is 71.1 cm³/mol. The lowest BCUT2D eigenvalue weighted by Crippen LogP contribution is -2.44. The minimum atomic E-state index is 0.888. The molecule has 1 fully saturated rings. The van der Waals surface area contributed by atoms with Gasteiger partial charge in [-0.1, -0.05) is 0 Å². The van der Waals surface area contributed by atoms with E-state index >= 15 is 0 Å².